The number of piperidine rings is 3. The van der Waals surface area contributed by atoms with Crippen molar-refractivity contribution in [3.63, 3.8) is 0 Å². The number of carbonyl (C=O) groups excluding carboxylic acids is 1. The zero-order valence-corrected chi connectivity index (χ0v) is 13.2. The molecule has 2 atom stereocenters. The van der Waals surface area contributed by atoms with Crippen molar-refractivity contribution in [2.45, 2.75) is 18.9 Å². The average molecular weight is 325 g/mol. The summed E-state index contributed by atoms with van der Waals surface area (Å²) in [6.45, 7) is 3.51. The minimum Gasteiger partial charge on any atom is -0.349 e. The lowest BCUT2D eigenvalue weighted by Crippen LogP contribution is -2.64. The first-order valence-electron chi connectivity index (χ1n) is 7.59. The van der Waals surface area contributed by atoms with Gasteiger partial charge in [-0.1, -0.05) is 29.3 Å². The number of nitrogens with one attached hydrogen (secondary N) is 1. The van der Waals surface area contributed by atoms with E-state index in [0.29, 0.717) is 33.5 Å². The number of rotatable bonds is 2. The lowest BCUT2D eigenvalue weighted by molar-refractivity contribution is -0.0418. The lowest BCUT2D eigenvalue weighted by atomic mass is 9.65. The van der Waals surface area contributed by atoms with Crippen molar-refractivity contribution < 1.29 is 4.79 Å². The highest BCUT2D eigenvalue weighted by Gasteiger charge is 2.47. The van der Waals surface area contributed by atoms with Gasteiger partial charge in [-0.2, -0.15) is 0 Å². The van der Waals surface area contributed by atoms with Crippen LogP contribution in [0.5, 0.6) is 0 Å². The molecule has 4 fully saturated rings. The van der Waals surface area contributed by atoms with Crippen LogP contribution in [-0.2, 0) is 0 Å². The molecule has 1 N–H and O–H groups in total. The van der Waals surface area contributed by atoms with Gasteiger partial charge in [0.2, 0.25) is 0 Å². The smallest absolute Gasteiger partial charge is 0.253 e. The Morgan fingerprint density at radius 2 is 1.86 bits per heavy atom. The molecule has 2 unspecified atom stereocenters. The lowest BCUT2D eigenvalue weighted by Gasteiger charge is -2.55. The number of benzene rings is 1. The van der Waals surface area contributed by atoms with Gasteiger partial charge in [0.25, 0.3) is 5.91 Å². The Morgan fingerprint density at radius 1 is 1.14 bits per heavy atom. The Hall–Kier alpha value is -0.770. The second-order valence-electron chi connectivity index (χ2n) is 6.68. The molecule has 5 rings (SSSR count). The standard InChI is InChI=1S/C16H18Cl2N2O/c17-13-3-1-2-12(14(13)18)16(21)19-15-10-4-9-5-11(15)8-20(6-9)7-10/h1-3,9-11,15H,4-8H2,(H,19,21). The fraction of sp³-hybridized carbons (Fsp3) is 0.562. The summed E-state index contributed by atoms with van der Waals surface area (Å²) in [5.41, 5.74) is 0.485. The van der Waals surface area contributed by atoms with Crippen LogP contribution >= 0.6 is 23.2 Å². The molecule has 1 amide bonds. The van der Waals surface area contributed by atoms with Gasteiger partial charge < -0.3 is 10.2 Å². The van der Waals surface area contributed by atoms with Gasteiger partial charge in [-0.25, -0.2) is 0 Å². The molecule has 1 aromatic carbocycles. The average Bonchev–Trinajstić information content (AvgIpc) is 2.45. The normalized spacial score (nSPS) is 36.8. The highest BCUT2D eigenvalue weighted by atomic mass is 35.5. The van der Waals surface area contributed by atoms with Crippen LogP contribution in [0.4, 0.5) is 0 Å². The zero-order chi connectivity index (χ0) is 14.6. The third-order valence-electron chi connectivity index (χ3n) is 5.28. The number of nitrogens with zero attached hydrogens (tertiary/aromatic N) is 1. The van der Waals surface area contributed by atoms with Crippen LogP contribution in [-0.4, -0.2) is 36.5 Å². The van der Waals surface area contributed by atoms with E-state index in [0.717, 1.165) is 19.0 Å². The molecular formula is C16H18Cl2N2O. The number of halogens is 2. The molecule has 0 spiro atoms. The summed E-state index contributed by atoms with van der Waals surface area (Å²) in [5, 5.41) is 4.02. The van der Waals surface area contributed by atoms with Gasteiger partial charge in [0.15, 0.2) is 0 Å². The largest absolute Gasteiger partial charge is 0.349 e. The molecule has 3 nitrogen and oxygen atoms in total. The predicted molar refractivity (Wildman–Crippen MR) is 83.9 cm³/mol. The monoisotopic (exact) mass is 324 g/mol. The molecular weight excluding hydrogens is 307 g/mol. The molecule has 3 saturated heterocycles. The molecule has 3 aliphatic heterocycles. The quantitative estimate of drug-likeness (QED) is 0.906. The van der Waals surface area contributed by atoms with Crippen LogP contribution in [0.2, 0.25) is 10.0 Å². The molecule has 1 saturated carbocycles. The minimum absolute atomic E-state index is 0.0880. The molecule has 1 aromatic rings. The van der Waals surface area contributed by atoms with E-state index in [1.165, 1.54) is 19.4 Å². The van der Waals surface area contributed by atoms with Crippen molar-refractivity contribution >= 4 is 29.1 Å². The van der Waals surface area contributed by atoms with E-state index >= 15 is 0 Å². The third-order valence-corrected chi connectivity index (χ3v) is 6.10. The summed E-state index contributed by atoms with van der Waals surface area (Å²) in [4.78, 5) is 15.1. The van der Waals surface area contributed by atoms with Crippen LogP contribution in [0.3, 0.4) is 0 Å². The maximum absolute atomic E-state index is 12.5. The molecule has 21 heavy (non-hydrogen) atoms. The summed E-state index contributed by atoms with van der Waals surface area (Å²) < 4.78 is 0. The summed E-state index contributed by atoms with van der Waals surface area (Å²) >= 11 is 12.2. The number of carbonyl (C=O) groups is 1. The van der Waals surface area contributed by atoms with Crippen molar-refractivity contribution in [3.8, 4) is 0 Å². The first kappa shape index (κ1) is 13.9. The van der Waals surface area contributed by atoms with E-state index in [2.05, 4.69) is 10.2 Å². The predicted octanol–water partition coefficient (Wildman–Crippen LogP) is 3.06. The second kappa shape index (κ2) is 5.15. The molecule has 5 heteroatoms. The fourth-order valence-electron chi connectivity index (χ4n) is 4.55. The summed E-state index contributed by atoms with van der Waals surface area (Å²) in [6.07, 6.45) is 2.50. The Kier molecular flexibility index (Phi) is 3.40. The Bertz CT molecular complexity index is 562. The molecule has 0 aromatic heterocycles. The minimum atomic E-state index is -0.0880. The molecule has 112 valence electrons. The van der Waals surface area contributed by atoms with Crippen molar-refractivity contribution in [2.75, 3.05) is 19.6 Å². The molecule has 4 bridgehead atoms. The van der Waals surface area contributed by atoms with Crippen molar-refractivity contribution in [3.05, 3.63) is 33.8 Å². The van der Waals surface area contributed by atoms with Crippen LogP contribution in [0.25, 0.3) is 0 Å². The van der Waals surface area contributed by atoms with E-state index in [9.17, 15) is 4.79 Å². The first-order valence-corrected chi connectivity index (χ1v) is 8.34. The van der Waals surface area contributed by atoms with Gasteiger partial charge >= 0.3 is 0 Å². The van der Waals surface area contributed by atoms with Crippen molar-refractivity contribution in [1.29, 1.82) is 0 Å². The highest BCUT2D eigenvalue weighted by molar-refractivity contribution is 6.43. The topological polar surface area (TPSA) is 32.3 Å². The van der Waals surface area contributed by atoms with Gasteiger partial charge in [-0.3, -0.25) is 4.79 Å². The summed E-state index contributed by atoms with van der Waals surface area (Å²) in [7, 11) is 0. The molecule has 1 aliphatic carbocycles. The van der Waals surface area contributed by atoms with E-state index in [1.54, 1.807) is 18.2 Å². The maximum atomic E-state index is 12.5. The van der Waals surface area contributed by atoms with Crippen molar-refractivity contribution in [1.82, 2.24) is 10.2 Å². The summed E-state index contributed by atoms with van der Waals surface area (Å²) in [6, 6.07) is 5.51. The second-order valence-corrected chi connectivity index (χ2v) is 7.46. The van der Waals surface area contributed by atoms with E-state index in [4.69, 9.17) is 23.2 Å². The van der Waals surface area contributed by atoms with Gasteiger partial charge in [0, 0.05) is 25.7 Å². The van der Waals surface area contributed by atoms with Crippen LogP contribution in [0, 0.1) is 17.8 Å². The highest BCUT2D eigenvalue weighted by Crippen LogP contribution is 2.43. The number of hydrogen-bond acceptors (Lipinski definition) is 2. The van der Waals surface area contributed by atoms with Crippen molar-refractivity contribution in [2.24, 2.45) is 17.8 Å². The number of hydrogen-bond donors (Lipinski definition) is 1. The Labute approximate surface area is 134 Å². The molecule has 4 aliphatic rings. The van der Waals surface area contributed by atoms with Gasteiger partial charge in [-0.05, 0) is 42.7 Å². The zero-order valence-electron chi connectivity index (χ0n) is 11.7. The number of amides is 1. The first-order chi connectivity index (χ1) is 10.1. The van der Waals surface area contributed by atoms with E-state index < -0.39 is 0 Å². The van der Waals surface area contributed by atoms with Gasteiger partial charge in [-0.15, -0.1) is 0 Å². The van der Waals surface area contributed by atoms with E-state index in [-0.39, 0.29) is 5.91 Å². The third kappa shape index (κ3) is 2.36. The van der Waals surface area contributed by atoms with E-state index in [1.807, 2.05) is 0 Å². The maximum Gasteiger partial charge on any atom is 0.253 e. The fourth-order valence-corrected chi connectivity index (χ4v) is 4.94. The Morgan fingerprint density at radius 3 is 2.52 bits per heavy atom. The van der Waals surface area contributed by atoms with Crippen LogP contribution < -0.4 is 5.32 Å². The van der Waals surface area contributed by atoms with Gasteiger partial charge in [0.1, 0.15) is 0 Å². The van der Waals surface area contributed by atoms with Gasteiger partial charge in [0.05, 0.1) is 15.6 Å². The SMILES string of the molecule is O=C(NC1C2CC3CC1CN(C3)C2)c1cccc(Cl)c1Cl. The van der Waals surface area contributed by atoms with Crippen LogP contribution in [0.15, 0.2) is 18.2 Å². The molecule has 0 radical (unpaired) electrons. The molecule has 3 heterocycles. The summed E-state index contributed by atoms with van der Waals surface area (Å²) in [5.74, 6) is 1.94. The van der Waals surface area contributed by atoms with Crippen LogP contribution in [0.1, 0.15) is 23.2 Å². The Balaban J connectivity index is 1.53.